The van der Waals surface area contributed by atoms with E-state index in [9.17, 15) is 18.0 Å². The van der Waals surface area contributed by atoms with Crippen molar-refractivity contribution in [2.45, 2.75) is 18.7 Å². The average molecular weight is 362 g/mol. The second kappa shape index (κ2) is 7.91. The van der Waals surface area contributed by atoms with Crippen LogP contribution in [0.5, 0.6) is 5.75 Å². The van der Waals surface area contributed by atoms with Gasteiger partial charge in [-0.15, -0.1) is 0 Å². The maximum absolute atomic E-state index is 12.2. The number of carbonyl (C=O) groups is 2. The zero-order valence-electron chi connectivity index (χ0n) is 13.8. The summed E-state index contributed by atoms with van der Waals surface area (Å²) in [5.74, 6) is -0.625. The lowest BCUT2D eigenvalue weighted by molar-refractivity contribution is -0.133. The Bertz CT molecular complexity index is 876. The fourth-order valence-electron chi connectivity index (χ4n) is 2.00. The Morgan fingerprint density at radius 2 is 1.76 bits per heavy atom. The van der Waals surface area contributed by atoms with Gasteiger partial charge in [-0.3, -0.25) is 9.59 Å². The Morgan fingerprint density at radius 1 is 1.08 bits per heavy atom. The summed E-state index contributed by atoms with van der Waals surface area (Å²) in [6.45, 7) is 2.71. The predicted octanol–water partition coefficient (Wildman–Crippen LogP) is 1.84. The fraction of sp³-hybridized carbons (Fsp3) is 0.176. The van der Waals surface area contributed by atoms with E-state index < -0.39 is 22.5 Å². The van der Waals surface area contributed by atoms with Gasteiger partial charge in [0.25, 0.3) is 0 Å². The van der Waals surface area contributed by atoms with Gasteiger partial charge in [0, 0.05) is 12.6 Å². The standard InChI is InChI=1S/C17H18N2O5S/c1-12-4-3-5-15(10-12)24-17(21)11-18-25(22,23)16-8-6-14(7-9-16)19-13(2)20/h3-10,18H,11H2,1-2H3,(H,19,20). The molecule has 25 heavy (non-hydrogen) atoms. The van der Waals surface area contributed by atoms with E-state index in [4.69, 9.17) is 4.74 Å². The number of nitrogens with one attached hydrogen (secondary N) is 2. The van der Waals surface area contributed by atoms with Crippen molar-refractivity contribution < 1.29 is 22.7 Å². The Kier molecular flexibility index (Phi) is 5.89. The number of ether oxygens (including phenoxy) is 1. The topological polar surface area (TPSA) is 102 Å². The minimum absolute atomic E-state index is 0.0232. The highest BCUT2D eigenvalue weighted by Crippen LogP contribution is 2.14. The molecule has 0 aliphatic rings. The molecule has 0 unspecified atom stereocenters. The molecular formula is C17H18N2O5S. The first kappa shape index (κ1) is 18.6. The van der Waals surface area contributed by atoms with E-state index in [1.807, 2.05) is 13.0 Å². The van der Waals surface area contributed by atoms with Crippen LogP contribution in [0.15, 0.2) is 53.4 Å². The first-order valence-corrected chi connectivity index (χ1v) is 8.89. The van der Waals surface area contributed by atoms with Crippen molar-refractivity contribution in [3.8, 4) is 5.75 Å². The molecule has 2 aromatic rings. The minimum Gasteiger partial charge on any atom is -0.426 e. The first-order chi connectivity index (χ1) is 11.8. The summed E-state index contributed by atoms with van der Waals surface area (Å²) in [7, 11) is -3.86. The molecule has 2 N–H and O–H groups in total. The molecule has 0 saturated heterocycles. The van der Waals surface area contributed by atoms with Crippen LogP contribution in [0.1, 0.15) is 12.5 Å². The Labute approximate surface area is 146 Å². The number of esters is 1. The second-order valence-corrected chi connectivity index (χ2v) is 7.09. The highest BCUT2D eigenvalue weighted by Gasteiger charge is 2.16. The van der Waals surface area contributed by atoms with E-state index in [2.05, 4.69) is 10.0 Å². The third-order valence-electron chi connectivity index (χ3n) is 3.11. The summed E-state index contributed by atoms with van der Waals surface area (Å²) in [6, 6.07) is 12.5. The van der Waals surface area contributed by atoms with Crippen LogP contribution in [-0.4, -0.2) is 26.8 Å². The zero-order valence-corrected chi connectivity index (χ0v) is 14.6. The van der Waals surface area contributed by atoms with Gasteiger partial charge in [0.2, 0.25) is 15.9 Å². The monoisotopic (exact) mass is 362 g/mol. The molecule has 0 aromatic heterocycles. The van der Waals surface area contributed by atoms with Gasteiger partial charge in [-0.25, -0.2) is 8.42 Å². The predicted molar refractivity (Wildman–Crippen MR) is 92.7 cm³/mol. The average Bonchev–Trinajstić information content (AvgIpc) is 2.53. The number of hydrogen-bond donors (Lipinski definition) is 2. The molecule has 0 saturated carbocycles. The van der Waals surface area contributed by atoms with E-state index in [-0.39, 0.29) is 10.8 Å². The molecule has 1 amide bonds. The first-order valence-electron chi connectivity index (χ1n) is 7.41. The molecule has 7 nitrogen and oxygen atoms in total. The number of aryl methyl sites for hydroxylation is 1. The molecule has 0 bridgehead atoms. The van der Waals surface area contributed by atoms with Gasteiger partial charge in [-0.1, -0.05) is 12.1 Å². The van der Waals surface area contributed by atoms with Crippen molar-refractivity contribution >= 4 is 27.6 Å². The molecule has 0 fully saturated rings. The van der Waals surface area contributed by atoms with Gasteiger partial charge in [0.1, 0.15) is 12.3 Å². The third kappa shape index (κ3) is 5.70. The number of sulfonamides is 1. The normalized spacial score (nSPS) is 11.0. The minimum atomic E-state index is -3.86. The van der Waals surface area contributed by atoms with Crippen molar-refractivity contribution in [2.24, 2.45) is 0 Å². The second-order valence-electron chi connectivity index (χ2n) is 5.32. The Hall–Kier alpha value is -2.71. The van der Waals surface area contributed by atoms with Crippen LogP contribution in [0.2, 0.25) is 0 Å². The van der Waals surface area contributed by atoms with Gasteiger partial charge in [-0.2, -0.15) is 4.72 Å². The number of hydrogen-bond acceptors (Lipinski definition) is 5. The van der Waals surface area contributed by atoms with Crippen LogP contribution in [0.25, 0.3) is 0 Å². The number of amides is 1. The fourth-order valence-corrected chi connectivity index (χ4v) is 2.97. The maximum atomic E-state index is 12.2. The van der Waals surface area contributed by atoms with Crippen molar-refractivity contribution in [1.82, 2.24) is 4.72 Å². The maximum Gasteiger partial charge on any atom is 0.326 e. The van der Waals surface area contributed by atoms with Crippen LogP contribution < -0.4 is 14.8 Å². The summed E-state index contributed by atoms with van der Waals surface area (Å²) in [6.07, 6.45) is 0. The van der Waals surface area contributed by atoms with Crippen molar-refractivity contribution in [3.05, 3.63) is 54.1 Å². The highest BCUT2D eigenvalue weighted by atomic mass is 32.2. The molecule has 8 heteroatoms. The van der Waals surface area contributed by atoms with Crippen LogP contribution in [-0.2, 0) is 19.6 Å². The van der Waals surface area contributed by atoms with Crippen LogP contribution in [0, 0.1) is 6.92 Å². The summed E-state index contributed by atoms with van der Waals surface area (Å²) >= 11 is 0. The van der Waals surface area contributed by atoms with Crippen LogP contribution in [0.4, 0.5) is 5.69 Å². The number of benzene rings is 2. The summed E-state index contributed by atoms with van der Waals surface area (Å²) < 4.78 is 31.6. The van der Waals surface area contributed by atoms with Gasteiger partial charge in [0.15, 0.2) is 0 Å². The van der Waals surface area contributed by atoms with E-state index in [0.717, 1.165) is 5.56 Å². The van der Waals surface area contributed by atoms with Crippen molar-refractivity contribution in [1.29, 1.82) is 0 Å². The lowest BCUT2D eigenvalue weighted by Crippen LogP contribution is -2.32. The molecule has 0 spiro atoms. The number of anilines is 1. The largest absolute Gasteiger partial charge is 0.426 e. The molecule has 0 heterocycles. The van der Waals surface area contributed by atoms with E-state index >= 15 is 0 Å². The van der Waals surface area contributed by atoms with E-state index in [1.54, 1.807) is 18.2 Å². The highest BCUT2D eigenvalue weighted by molar-refractivity contribution is 7.89. The lowest BCUT2D eigenvalue weighted by Gasteiger charge is -2.08. The van der Waals surface area contributed by atoms with Gasteiger partial charge in [0.05, 0.1) is 4.90 Å². The molecular weight excluding hydrogens is 344 g/mol. The third-order valence-corrected chi connectivity index (χ3v) is 4.53. The van der Waals surface area contributed by atoms with Crippen molar-refractivity contribution in [3.63, 3.8) is 0 Å². The molecule has 0 aliphatic heterocycles. The molecule has 2 rings (SSSR count). The Balaban J connectivity index is 1.96. The molecule has 0 aliphatic carbocycles. The van der Waals surface area contributed by atoms with Crippen LogP contribution >= 0.6 is 0 Å². The quantitative estimate of drug-likeness (QED) is 0.603. The molecule has 132 valence electrons. The SMILES string of the molecule is CC(=O)Nc1ccc(S(=O)(=O)NCC(=O)Oc2cccc(C)c2)cc1. The summed E-state index contributed by atoms with van der Waals surface area (Å²) in [4.78, 5) is 22.7. The summed E-state index contributed by atoms with van der Waals surface area (Å²) in [5.41, 5.74) is 1.40. The van der Waals surface area contributed by atoms with Crippen molar-refractivity contribution in [2.75, 3.05) is 11.9 Å². The zero-order chi connectivity index (χ0) is 18.4. The van der Waals surface area contributed by atoms with Crippen LogP contribution in [0.3, 0.4) is 0 Å². The van der Waals surface area contributed by atoms with Gasteiger partial charge in [-0.05, 0) is 48.9 Å². The van der Waals surface area contributed by atoms with E-state index in [1.165, 1.54) is 31.2 Å². The number of rotatable bonds is 6. The van der Waals surface area contributed by atoms with Gasteiger partial charge >= 0.3 is 5.97 Å². The molecule has 0 radical (unpaired) electrons. The van der Waals surface area contributed by atoms with E-state index in [0.29, 0.717) is 11.4 Å². The molecule has 0 atom stereocenters. The summed E-state index contributed by atoms with van der Waals surface area (Å²) in [5, 5.41) is 2.54. The smallest absolute Gasteiger partial charge is 0.326 e. The van der Waals surface area contributed by atoms with Gasteiger partial charge < -0.3 is 10.1 Å². The number of carbonyl (C=O) groups excluding carboxylic acids is 2. The Morgan fingerprint density at radius 3 is 2.36 bits per heavy atom. The molecule has 2 aromatic carbocycles. The lowest BCUT2D eigenvalue weighted by atomic mass is 10.2.